The molecule has 3 N–H and O–H groups in total. The number of carbonyl (C=O) groups excluding carboxylic acids is 1. The molecule has 1 amide bonds. The van der Waals surface area contributed by atoms with Crippen LogP contribution in [-0.2, 0) is 4.74 Å². The number of nitrogens with one attached hydrogen (secondary N) is 2. The van der Waals surface area contributed by atoms with E-state index in [9.17, 15) is 4.79 Å². The second-order valence-corrected chi connectivity index (χ2v) is 7.37. The maximum absolute atomic E-state index is 11.5. The fourth-order valence-corrected chi connectivity index (χ4v) is 3.28. The first-order chi connectivity index (χ1) is 15.1. The molecule has 6 nitrogen and oxygen atoms in total. The van der Waals surface area contributed by atoms with Gasteiger partial charge in [-0.2, -0.15) is 0 Å². The van der Waals surface area contributed by atoms with E-state index in [1.54, 1.807) is 24.7 Å². The first-order valence-corrected chi connectivity index (χ1v) is 10.2. The normalized spacial score (nSPS) is 12.5. The molecule has 162 valence electrons. The lowest BCUT2D eigenvalue weighted by atomic mass is 10.1. The van der Waals surface area contributed by atoms with Crippen molar-refractivity contribution in [3.8, 4) is 5.75 Å². The third-order valence-corrected chi connectivity index (χ3v) is 4.90. The van der Waals surface area contributed by atoms with E-state index >= 15 is 0 Å². The molecule has 0 saturated carbocycles. The Kier molecular flexibility index (Phi) is 8.18. The third-order valence-electron chi connectivity index (χ3n) is 4.90. The molecular weight excluding hydrogens is 392 g/mol. The van der Waals surface area contributed by atoms with Gasteiger partial charge in [-0.3, -0.25) is 10.0 Å². The Hall–Kier alpha value is -3.19. The van der Waals surface area contributed by atoms with Gasteiger partial charge in [-0.25, -0.2) is 5.48 Å². The fourth-order valence-electron chi connectivity index (χ4n) is 3.28. The van der Waals surface area contributed by atoms with Crippen LogP contribution in [0.25, 0.3) is 16.8 Å². The summed E-state index contributed by atoms with van der Waals surface area (Å²) in [4.78, 5) is 11.5. The number of benzene rings is 3. The fraction of sp³-hybridized carbons (Fsp3) is 0.240. The molecule has 6 heteroatoms. The van der Waals surface area contributed by atoms with Crippen molar-refractivity contribution in [1.82, 2.24) is 10.8 Å². The molecule has 0 aliphatic heterocycles. The van der Waals surface area contributed by atoms with Gasteiger partial charge in [0.25, 0.3) is 5.91 Å². The van der Waals surface area contributed by atoms with Crippen molar-refractivity contribution in [1.29, 1.82) is 0 Å². The zero-order valence-electron chi connectivity index (χ0n) is 17.8. The van der Waals surface area contributed by atoms with Crippen LogP contribution in [0.5, 0.6) is 5.75 Å². The molecule has 0 aromatic heterocycles. The van der Waals surface area contributed by atoms with Gasteiger partial charge in [0.1, 0.15) is 12.4 Å². The Morgan fingerprint density at radius 1 is 1.06 bits per heavy atom. The van der Waals surface area contributed by atoms with E-state index in [2.05, 4.69) is 30.4 Å². The van der Waals surface area contributed by atoms with E-state index in [0.717, 1.165) is 27.7 Å². The topological polar surface area (TPSA) is 79.8 Å². The molecule has 0 aliphatic carbocycles. The smallest absolute Gasteiger partial charge is 0.274 e. The van der Waals surface area contributed by atoms with Crippen molar-refractivity contribution in [3.63, 3.8) is 0 Å². The van der Waals surface area contributed by atoms with Crippen molar-refractivity contribution in [2.24, 2.45) is 0 Å². The predicted octanol–water partition coefficient (Wildman–Crippen LogP) is 4.05. The lowest BCUT2D eigenvalue weighted by Crippen LogP contribution is -2.32. The Labute approximate surface area is 182 Å². The summed E-state index contributed by atoms with van der Waals surface area (Å²) in [5.74, 6) is 0.300. The largest absolute Gasteiger partial charge is 0.489 e. The molecule has 3 aromatic carbocycles. The monoisotopic (exact) mass is 420 g/mol. The summed E-state index contributed by atoms with van der Waals surface area (Å²) in [5, 5.41) is 14.4. The molecule has 3 rings (SSSR count). The molecule has 0 bridgehead atoms. The highest BCUT2D eigenvalue weighted by Gasteiger charge is 2.08. The summed E-state index contributed by atoms with van der Waals surface area (Å²) in [5.41, 5.74) is 4.02. The number of rotatable bonds is 10. The van der Waals surface area contributed by atoms with Gasteiger partial charge >= 0.3 is 0 Å². The van der Waals surface area contributed by atoms with E-state index in [1.807, 2.05) is 42.5 Å². The highest BCUT2D eigenvalue weighted by molar-refractivity contribution is 5.93. The van der Waals surface area contributed by atoms with E-state index in [-0.39, 0.29) is 6.04 Å². The van der Waals surface area contributed by atoms with Crippen LogP contribution in [0.15, 0.2) is 72.3 Å². The van der Waals surface area contributed by atoms with Crippen LogP contribution >= 0.6 is 0 Å². The van der Waals surface area contributed by atoms with Crippen molar-refractivity contribution >= 4 is 22.8 Å². The van der Waals surface area contributed by atoms with Crippen molar-refractivity contribution < 1.29 is 19.5 Å². The Morgan fingerprint density at radius 3 is 2.55 bits per heavy atom. The molecule has 0 aliphatic rings. The number of amides is 1. The lowest BCUT2D eigenvalue weighted by Gasteiger charge is -2.16. The number of carbonyl (C=O) groups is 1. The van der Waals surface area contributed by atoms with Gasteiger partial charge in [0.15, 0.2) is 0 Å². The minimum absolute atomic E-state index is 0.196. The number of fused-ring (bicyclic) bond motifs is 1. The predicted molar refractivity (Wildman–Crippen MR) is 122 cm³/mol. The van der Waals surface area contributed by atoms with Gasteiger partial charge in [0.2, 0.25) is 0 Å². The lowest BCUT2D eigenvalue weighted by molar-refractivity contribution is 0.0706. The molecule has 0 spiro atoms. The van der Waals surface area contributed by atoms with E-state index < -0.39 is 5.91 Å². The summed E-state index contributed by atoms with van der Waals surface area (Å²) in [6.45, 7) is 3.73. The van der Waals surface area contributed by atoms with Crippen LogP contribution in [0.3, 0.4) is 0 Å². The maximum Gasteiger partial charge on any atom is 0.274 e. The summed E-state index contributed by atoms with van der Waals surface area (Å²) in [6, 6.07) is 21.4. The van der Waals surface area contributed by atoms with Crippen LogP contribution < -0.4 is 15.5 Å². The first-order valence-electron chi connectivity index (χ1n) is 10.2. The number of hydroxylamine groups is 1. The standard InChI is InChI=1S/C25H28N2O4/c1-18(16-30-2)26-15-20(14-19-10-12-22(13-11-19)25(28)27-29)17-31-24-9-5-7-21-6-3-4-8-23(21)24/h3-14,18,26,29H,15-17H2,1-2H3,(H,27,28)/b20-14+. The average molecular weight is 421 g/mol. The van der Waals surface area contributed by atoms with Crippen LogP contribution in [0.2, 0.25) is 0 Å². The minimum atomic E-state index is -0.537. The number of hydrogen-bond acceptors (Lipinski definition) is 5. The highest BCUT2D eigenvalue weighted by atomic mass is 16.5. The molecule has 0 saturated heterocycles. The van der Waals surface area contributed by atoms with Gasteiger partial charge in [-0.15, -0.1) is 0 Å². The Morgan fingerprint density at radius 2 is 1.81 bits per heavy atom. The van der Waals surface area contributed by atoms with E-state index in [4.69, 9.17) is 14.7 Å². The summed E-state index contributed by atoms with van der Waals surface area (Å²) in [7, 11) is 1.68. The van der Waals surface area contributed by atoms with Gasteiger partial charge < -0.3 is 14.8 Å². The Balaban J connectivity index is 1.78. The molecular formula is C25H28N2O4. The van der Waals surface area contributed by atoms with Crippen LogP contribution in [-0.4, -0.2) is 44.0 Å². The van der Waals surface area contributed by atoms with Crippen molar-refractivity contribution in [2.75, 3.05) is 26.9 Å². The highest BCUT2D eigenvalue weighted by Crippen LogP contribution is 2.25. The SMILES string of the molecule is COCC(C)NC/C(=C\c1ccc(C(=O)NO)cc1)COc1cccc2ccccc12. The van der Waals surface area contributed by atoms with Crippen LogP contribution in [0.1, 0.15) is 22.8 Å². The molecule has 3 aromatic rings. The van der Waals surface area contributed by atoms with Gasteiger partial charge in [0, 0.05) is 30.6 Å². The van der Waals surface area contributed by atoms with Crippen molar-refractivity contribution in [3.05, 3.63) is 83.4 Å². The summed E-state index contributed by atoms with van der Waals surface area (Å²) in [6.07, 6.45) is 2.04. The second kappa shape index (κ2) is 11.3. The van der Waals surface area contributed by atoms with Crippen molar-refractivity contribution in [2.45, 2.75) is 13.0 Å². The zero-order chi connectivity index (χ0) is 22.1. The molecule has 0 radical (unpaired) electrons. The van der Waals surface area contributed by atoms with Gasteiger partial charge in [0.05, 0.1) is 6.61 Å². The van der Waals surface area contributed by atoms with E-state index in [0.29, 0.717) is 25.3 Å². The first kappa shape index (κ1) is 22.5. The summed E-state index contributed by atoms with van der Waals surface area (Å²) >= 11 is 0. The molecule has 0 heterocycles. The molecule has 1 atom stereocenters. The number of methoxy groups -OCH3 is 1. The number of ether oxygens (including phenoxy) is 2. The summed E-state index contributed by atoms with van der Waals surface area (Å²) < 4.78 is 11.4. The molecule has 0 fully saturated rings. The van der Waals surface area contributed by atoms with Crippen LogP contribution in [0, 0.1) is 0 Å². The van der Waals surface area contributed by atoms with E-state index in [1.165, 1.54) is 0 Å². The molecule has 31 heavy (non-hydrogen) atoms. The number of hydrogen-bond donors (Lipinski definition) is 3. The Bertz CT molecular complexity index is 1030. The van der Waals surface area contributed by atoms with Gasteiger partial charge in [-0.05, 0) is 41.6 Å². The third kappa shape index (κ3) is 6.39. The zero-order valence-corrected chi connectivity index (χ0v) is 17.8. The maximum atomic E-state index is 11.5. The molecule has 1 unspecified atom stereocenters. The second-order valence-electron chi connectivity index (χ2n) is 7.37. The van der Waals surface area contributed by atoms with Crippen LogP contribution in [0.4, 0.5) is 0 Å². The van der Waals surface area contributed by atoms with Gasteiger partial charge in [-0.1, -0.05) is 54.6 Å². The minimum Gasteiger partial charge on any atom is -0.489 e. The average Bonchev–Trinajstić information content (AvgIpc) is 2.81. The quantitative estimate of drug-likeness (QED) is 0.341.